The van der Waals surface area contributed by atoms with Crippen molar-refractivity contribution in [1.82, 2.24) is 5.32 Å². The highest BCUT2D eigenvalue weighted by atomic mass is 16.5. The van der Waals surface area contributed by atoms with Crippen LogP contribution in [0.15, 0.2) is 72.9 Å². The van der Waals surface area contributed by atoms with Crippen LogP contribution < -0.4 is 5.32 Å². The number of carbonyl (C=O) groups excluding carboxylic acids is 2. The number of ether oxygens (including phenoxy) is 1. The summed E-state index contributed by atoms with van der Waals surface area (Å²) in [6.07, 6.45) is 48.9. The van der Waals surface area contributed by atoms with Crippen LogP contribution in [0.5, 0.6) is 0 Å². The van der Waals surface area contributed by atoms with Gasteiger partial charge < -0.3 is 15.2 Å². The van der Waals surface area contributed by atoms with Crippen molar-refractivity contribution in [2.75, 3.05) is 6.54 Å². The molecule has 272 valence electrons. The Morgan fingerprint density at radius 3 is 1.69 bits per heavy atom. The molecule has 1 amide bonds. The first-order valence-corrected chi connectivity index (χ1v) is 19.1. The number of hydrogen-bond acceptors (Lipinski definition) is 4. The van der Waals surface area contributed by atoms with E-state index in [0.717, 1.165) is 96.3 Å². The number of allylic oxidation sites excluding steroid dienone is 11. The summed E-state index contributed by atoms with van der Waals surface area (Å²) < 4.78 is 5.88. The molecule has 0 heterocycles. The van der Waals surface area contributed by atoms with E-state index < -0.39 is 5.97 Å². The molecule has 0 aliphatic heterocycles. The third-order valence-electron chi connectivity index (χ3n) is 7.85. The predicted molar refractivity (Wildman–Crippen MR) is 203 cm³/mol. The summed E-state index contributed by atoms with van der Waals surface area (Å²) in [6, 6.07) is 0. The maximum absolute atomic E-state index is 12.7. The van der Waals surface area contributed by atoms with E-state index in [1.807, 2.05) is 6.08 Å². The zero-order chi connectivity index (χ0) is 35.2. The summed E-state index contributed by atoms with van der Waals surface area (Å²) >= 11 is 0. The number of carboxylic acid groups (broad SMARTS) is 1. The molecular weight excluding hydrogens is 598 g/mol. The van der Waals surface area contributed by atoms with Crippen molar-refractivity contribution in [3.05, 3.63) is 72.9 Å². The van der Waals surface area contributed by atoms with Crippen LogP contribution in [-0.4, -0.2) is 35.6 Å². The van der Waals surface area contributed by atoms with Gasteiger partial charge in [0.2, 0.25) is 5.91 Å². The van der Waals surface area contributed by atoms with Crippen LogP contribution in [0.1, 0.15) is 162 Å². The minimum Gasteiger partial charge on any atom is -0.480 e. The second-order valence-corrected chi connectivity index (χ2v) is 12.4. The number of rotatable bonds is 33. The van der Waals surface area contributed by atoms with Crippen molar-refractivity contribution in [3.63, 3.8) is 0 Å². The van der Waals surface area contributed by atoms with Gasteiger partial charge in [0.05, 0.1) is 0 Å². The zero-order valence-corrected chi connectivity index (χ0v) is 30.6. The Labute approximate surface area is 294 Å². The number of nitrogens with one attached hydrogen (secondary N) is 1. The summed E-state index contributed by atoms with van der Waals surface area (Å²) in [4.78, 5) is 34.9. The Kier molecular flexibility index (Phi) is 34.3. The molecule has 0 aliphatic carbocycles. The Hall–Kier alpha value is -3.15. The Morgan fingerprint density at radius 1 is 0.583 bits per heavy atom. The van der Waals surface area contributed by atoms with Gasteiger partial charge in [-0.15, -0.1) is 0 Å². The lowest BCUT2D eigenvalue weighted by molar-refractivity contribution is -0.147. The third kappa shape index (κ3) is 35.7. The molecule has 0 saturated carbocycles. The average Bonchev–Trinajstić information content (AvgIpc) is 3.07. The van der Waals surface area contributed by atoms with E-state index in [9.17, 15) is 14.4 Å². The topological polar surface area (TPSA) is 92.7 Å². The van der Waals surface area contributed by atoms with Crippen LogP contribution in [0.2, 0.25) is 0 Å². The van der Waals surface area contributed by atoms with Gasteiger partial charge in [-0.2, -0.15) is 0 Å². The average molecular weight is 668 g/mol. The quantitative estimate of drug-likeness (QED) is 0.0413. The molecule has 1 unspecified atom stereocenters. The van der Waals surface area contributed by atoms with E-state index in [1.54, 1.807) is 0 Å². The van der Waals surface area contributed by atoms with Crippen molar-refractivity contribution < 1.29 is 24.2 Å². The minimum atomic E-state index is -1.03. The number of esters is 1. The number of amides is 1. The number of hydrogen-bond donors (Lipinski definition) is 2. The fourth-order valence-electron chi connectivity index (χ4n) is 5.04. The normalized spacial score (nSPS) is 12.9. The largest absolute Gasteiger partial charge is 0.480 e. The predicted octanol–water partition coefficient (Wildman–Crippen LogP) is 11.4. The summed E-state index contributed by atoms with van der Waals surface area (Å²) in [6.45, 7) is 4.05. The molecule has 0 spiro atoms. The van der Waals surface area contributed by atoms with E-state index in [0.29, 0.717) is 12.8 Å². The van der Waals surface area contributed by atoms with Crippen molar-refractivity contribution in [3.8, 4) is 0 Å². The van der Waals surface area contributed by atoms with Crippen LogP contribution in [-0.2, 0) is 19.1 Å². The fourth-order valence-corrected chi connectivity index (χ4v) is 5.04. The number of aliphatic carboxylic acids is 1. The standard InChI is InChI=1S/C42H69NO5/c1-3-5-7-9-11-13-15-16-17-18-20-22-24-29-33-37-42(47)48-39(34-30-26-23-21-19-14-12-10-8-6-4-2)35-31-27-25-28-32-36-40(44)43-38-41(45)46/h6,8,11-14,16-17,21,23,30,34,39H,3-5,7,9-10,15,18-20,22,24-29,31-33,35-38H2,1-2H3,(H,43,44)(H,45,46)/b8-6-,13-11-,14-12-,17-16-,23-21-,34-30-. The monoisotopic (exact) mass is 668 g/mol. The number of carboxylic acids is 1. The lowest BCUT2D eigenvalue weighted by Crippen LogP contribution is -2.28. The SMILES string of the molecule is CC/C=C\C/C=C\C/C=C\C/C=C\C(CCCCCCCC(=O)NCC(=O)O)OC(=O)CCCCCCC/C=C\C/C=C\CCCCC. The molecular formula is C42H69NO5. The highest BCUT2D eigenvalue weighted by Gasteiger charge is 2.11. The third-order valence-corrected chi connectivity index (χ3v) is 7.85. The van der Waals surface area contributed by atoms with Crippen LogP contribution in [0.25, 0.3) is 0 Å². The van der Waals surface area contributed by atoms with Gasteiger partial charge in [-0.1, -0.05) is 132 Å². The van der Waals surface area contributed by atoms with Gasteiger partial charge in [-0.3, -0.25) is 14.4 Å². The number of unbranched alkanes of at least 4 members (excludes halogenated alkanes) is 12. The van der Waals surface area contributed by atoms with Crippen molar-refractivity contribution in [2.45, 2.75) is 168 Å². The van der Waals surface area contributed by atoms with E-state index in [-0.39, 0.29) is 24.5 Å². The van der Waals surface area contributed by atoms with Gasteiger partial charge in [0.15, 0.2) is 0 Å². The van der Waals surface area contributed by atoms with Gasteiger partial charge in [0.1, 0.15) is 12.6 Å². The molecule has 1 atom stereocenters. The van der Waals surface area contributed by atoms with E-state index >= 15 is 0 Å². The highest BCUT2D eigenvalue weighted by Crippen LogP contribution is 2.15. The van der Waals surface area contributed by atoms with Crippen LogP contribution >= 0.6 is 0 Å². The van der Waals surface area contributed by atoms with Gasteiger partial charge in [0, 0.05) is 12.8 Å². The van der Waals surface area contributed by atoms with Gasteiger partial charge in [-0.25, -0.2) is 0 Å². The molecule has 6 nitrogen and oxygen atoms in total. The van der Waals surface area contributed by atoms with E-state index in [4.69, 9.17) is 9.84 Å². The van der Waals surface area contributed by atoms with Gasteiger partial charge >= 0.3 is 11.9 Å². The molecule has 0 radical (unpaired) electrons. The Morgan fingerprint density at radius 2 is 1.08 bits per heavy atom. The van der Waals surface area contributed by atoms with Crippen molar-refractivity contribution in [2.24, 2.45) is 0 Å². The smallest absolute Gasteiger partial charge is 0.322 e. The molecule has 0 aliphatic rings. The molecule has 0 aromatic carbocycles. The second-order valence-electron chi connectivity index (χ2n) is 12.4. The molecule has 6 heteroatoms. The molecule has 0 bridgehead atoms. The molecule has 0 aromatic heterocycles. The number of carbonyl (C=O) groups is 3. The van der Waals surface area contributed by atoms with Crippen LogP contribution in [0, 0.1) is 0 Å². The molecule has 0 aromatic rings. The Balaban J connectivity index is 4.36. The second kappa shape index (κ2) is 36.7. The maximum atomic E-state index is 12.7. The van der Waals surface area contributed by atoms with E-state index in [2.05, 4.69) is 86.0 Å². The summed E-state index contributed by atoms with van der Waals surface area (Å²) in [5.41, 5.74) is 0. The molecule has 0 saturated heterocycles. The molecule has 48 heavy (non-hydrogen) atoms. The lowest BCUT2D eigenvalue weighted by atomic mass is 10.1. The van der Waals surface area contributed by atoms with Crippen molar-refractivity contribution >= 4 is 17.8 Å². The maximum Gasteiger partial charge on any atom is 0.322 e. The van der Waals surface area contributed by atoms with Crippen molar-refractivity contribution in [1.29, 1.82) is 0 Å². The minimum absolute atomic E-state index is 0.111. The summed E-state index contributed by atoms with van der Waals surface area (Å²) in [7, 11) is 0. The zero-order valence-electron chi connectivity index (χ0n) is 30.6. The van der Waals surface area contributed by atoms with Gasteiger partial charge in [0.25, 0.3) is 0 Å². The first-order valence-electron chi connectivity index (χ1n) is 19.1. The van der Waals surface area contributed by atoms with E-state index in [1.165, 1.54) is 38.5 Å². The summed E-state index contributed by atoms with van der Waals surface area (Å²) in [5, 5.41) is 11.0. The fraction of sp³-hybridized carbons (Fsp3) is 0.643. The molecule has 0 fully saturated rings. The lowest BCUT2D eigenvalue weighted by Gasteiger charge is -2.14. The van der Waals surface area contributed by atoms with Gasteiger partial charge in [-0.05, 0) is 89.5 Å². The molecule has 2 N–H and O–H groups in total. The van der Waals surface area contributed by atoms with Crippen LogP contribution in [0.4, 0.5) is 0 Å². The summed E-state index contributed by atoms with van der Waals surface area (Å²) in [5.74, 6) is -1.36. The first kappa shape index (κ1) is 44.9. The Bertz CT molecular complexity index is 959. The highest BCUT2D eigenvalue weighted by molar-refractivity contribution is 5.80. The molecule has 0 rings (SSSR count). The first-order chi connectivity index (χ1) is 23.5. The van der Waals surface area contributed by atoms with Crippen LogP contribution in [0.3, 0.4) is 0 Å².